The third-order valence-corrected chi connectivity index (χ3v) is 9.07. The maximum absolute atomic E-state index is 14.1. The Morgan fingerprint density at radius 3 is 2.60 bits per heavy atom. The van der Waals surface area contributed by atoms with E-state index in [1.807, 2.05) is 42.5 Å². The van der Waals surface area contributed by atoms with Crippen molar-refractivity contribution in [2.75, 3.05) is 26.5 Å². The molecule has 4 aromatic rings. The van der Waals surface area contributed by atoms with E-state index in [1.54, 1.807) is 41.5 Å². The van der Waals surface area contributed by atoms with Crippen molar-refractivity contribution in [3.8, 4) is 11.5 Å². The molecule has 0 saturated carbocycles. The van der Waals surface area contributed by atoms with Crippen molar-refractivity contribution >= 4 is 26.7 Å². The molecule has 3 heterocycles. The number of rotatable bonds is 10. The molecule has 1 atom stereocenters. The molecular weight excluding hydrogens is 532 g/mol. The Morgan fingerprint density at radius 1 is 0.925 bits per heavy atom. The van der Waals surface area contributed by atoms with Crippen LogP contribution in [0.5, 0.6) is 11.5 Å². The number of amides is 1. The zero-order valence-corrected chi connectivity index (χ0v) is 22.7. The molecule has 9 nitrogen and oxygen atoms in total. The number of carbonyl (C=O) groups is 1. The number of carbonyl (C=O) groups excluding carboxylic acids is 1. The average molecular weight is 563 g/mol. The molecule has 0 bridgehead atoms. The van der Waals surface area contributed by atoms with Crippen LogP contribution in [-0.2, 0) is 32.6 Å². The predicted molar refractivity (Wildman–Crippen MR) is 147 cm³/mol. The number of nitrogens with zero attached hydrogens (tertiary/aromatic N) is 2. The first-order chi connectivity index (χ1) is 19.5. The summed E-state index contributed by atoms with van der Waals surface area (Å²) in [6.07, 6.45) is 2.87. The number of hydrogen-bond acceptors (Lipinski definition) is 7. The molecule has 208 valence electrons. The lowest BCUT2D eigenvalue weighted by Gasteiger charge is -2.28. The molecule has 0 radical (unpaired) electrons. The molecule has 40 heavy (non-hydrogen) atoms. The van der Waals surface area contributed by atoms with Gasteiger partial charge in [0.15, 0.2) is 11.5 Å². The SMILES string of the molecule is O=C(CN(CC1CCCO1)S(=O)(=O)c1cccc2ccccc12)N(Cc1ccc2c(c1)OCO2)Cc1ccco1. The second kappa shape index (κ2) is 11.3. The van der Waals surface area contributed by atoms with Gasteiger partial charge in [0.1, 0.15) is 5.76 Å². The molecule has 2 aliphatic rings. The molecule has 3 aromatic carbocycles. The summed E-state index contributed by atoms with van der Waals surface area (Å²) in [6.45, 7) is 0.904. The van der Waals surface area contributed by atoms with E-state index in [4.69, 9.17) is 18.6 Å². The highest BCUT2D eigenvalue weighted by atomic mass is 32.2. The average Bonchev–Trinajstić information content (AvgIpc) is 3.75. The van der Waals surface area contributed by atoms with Crippen LogP contribution in [0.4, 0.5) is 0 Å². The summed E-state index contributed by atoms with van der Waals surface area (Å²) in [5, 5.41) is 1.43. The first-order valence-corrected chi connectivity index (χ1v) is 14.7. The first kappa shape index (κ1) is 26.4. The van der Waals surface area contributed by atoms with Crippen molar-refractivity contribution < 1.29 is 31.8 Å². The Morgan fingerprint density at radius 2 is 1.77 bits per heavy atom. The van der Waals surface area contributed by atoms with Gasteiger partial charge in [0.05, 0.1) is 30.4 Å². The van der Waals surface area contributed by atoms with Gasteiger partial charge in [-0.25, -0.2) is 8.42 Å². The van der Waals surface area contributed by atoms with Crippen molar-refractivity contribution in [1.29, 1.82) is 0 Å². The minimum absolute atomic E-state index is 0.0932. The third-order valence-electron chi connectivity index (χ3n) is 7.20. The van der Waals surface area contributed by atoms with E-state index in [-0.39, 0.29) is 49.9 Å². The molecule has 1 unspecified atom stereocenters. The topological polar surface area (TPSA) is 98.5 Å². The van der Waals surface area contributed by atoms with Gasteiger partial charge in [0.2, 0.25) is 22.7 Å². The summed E-state index contributed by atoms with van der Waals surface area (Å²) in [6, 6.07) is 21.6. The standard InChI is InChI=1S/C30H30N2O7S/c33-30(31(18-24-8-4-14-36-24)17-22-12-13-27-28(16-22)39-21-38-27)20-32(19-25-9-5-15-37-25)40(34,35)29-11-3-7-23-6-1-2-10-26(23)29/h1-4,6-8,10-14,16,25H,5,9,15,17-21H2. The molecule has 6 rings (SSSR count). The minimum Gasteiger partial charge on any atom is -0.467 e. The van der Waals surface area contributed by atoms with Crippen LogP contribution < -0.4 is 9.47 Å². The first-order valence-electron chi connectivity index (χ1n) is 13.3. The number of hydrogen-bond donors (Lipinski definition) is 0. The Bertz CT molecular complexity index is 1590. The fraction of sp³-hybridized carbons (Fsp3) is 0.300. The van der Waals surface area contributed by atoms with Crippen LogP contribution in [0.25, 0.3) is 10.8 Å². The molecular formula is C30H30N2O7S. The van der Waals surface area contributed by atoms with Gasteiger partial charge in [-0.2, -0.15) is 4.31 Å². The number of ether oxygens (including phenoxy) is 3. The van der Waals surface area contributed by atoms with Crippen LogP contribution in [0.2, 0.25) is 0 Å². The van der Waals surface area contributed by atoms with E-state index < -0.39 is 10.0 Å². The van der Waals surface area contributed by atoms with Crippen molar-refractivity contribution in [2.24, 2.45) is 0 Å². The van der Waals surface area contributed by atoms with Gasteiger partial charge in [-0.3, -0.25) is 4.79 Å². The Hall–Kier alpha value is -3.86. The molecule has 0 N–H and O–H groups in total. The van der Waals surface area contributed by atoms with Crippen LogP contribution >= 0.6 is 0 Å². The normalized spacial score (nSPS) is 16.6. The lowest BCUT2D eigenvalue weighted by atomic mass is 10.1. The zero-order chi connectivity index (χ0) is 27.5. The van der Waals surface area contributed by atoms with Crippen molar-refractivity contribution in [3.63, 3.8) is 0 Å². The molecule has 1 fully saturated rings. The van der Waals surface area contributed by atoms with E-state index in [9.17, 15) is 13.2 Å². The van der Waals surface area contributed by atoms with Gasteiger partial charge in [-0.05, 0) is 54.1 Å². The van der Waals surface area contributed by atoms with Gasteiger partial charge >= 0.3 is 0 Å². The molecule has 1 amide bonds. The third kappa shape index (κ3) is 5.56. The van der Waals surface area contributed by atoms with E-state index in [1.165, 1.54) is 4.31 Å². The molecule has 2 aliphatic heterocycles. The van der Waals surface area contributed by atoms with Crippen molar-refractivity contribution in [3.05, 3.63) is 90.4 Å². The van der Waals surface area contributed by atoms with E-state index in [0.29, 0.717) is 29.3 Å². The second-order valence-corrected chi connectivity index (χ2v) is 11.8. The quantitative estimate of drug-likeness (QED) is 0.279. The maximum atomic E-state index is 14.1. The Labute approximate surface area is 232 Å². The second-order valence-electron chi connectivity index (χ2n) is 9.93. The largest absolute Gasteiger partial charge is 0.467 e. The number of furan rings is 1. The van der Waals surface area contributed by atoms with Gasteiger partial charge in [0, 0.05) is 25.1 Å². The highest BCUT2D eigenvalue weighted by Crippen LogP contribution is 2.33. The van der Waals surface area contributed by atoms with Crippen LogP contribution in [0.15, 0.2) is 88.4 Å². The highest BCUT2D eigenvalue weighted by Gasteiger charge is 2.33. The van der Waals surface area contributed by atoms with E-state index in [2.05, 4.69) is 0 Å². The van der Waals surface area contributed by atoms with Gasteiger partial charge in [0.25, 0.3) is 0 Å². The number of fused-ring (bicyclic) bond motifs is 2. The molecule has 0 aliphatic carbocycles. The van der Waals surface area contributed by atoms with Crippen LogP contribution in [-0.4, -0.2) is 56.1 Å². The zero-order valence-electron chi connectivity index (χ0n) is 21.9. The lowest BCUT2D eigenvalue weighted by Crippen LogP contribution is -2.45. The smallest absolute Gasteiger partial charge is 0.244 e. The minimum atomic E-state index is -4.04. The van der Waals surface area contributed by atoms with E-state index >= 15 is 0 Å². The van der Waals surface area contributed by atoms with Crippen LogP contribution in [0, 0.1) is 0 Å². The summed E-state index contributed by atoms with van der Waals surface area (Å²) in [4.78, 5) is 15.7. The Kier molecular flexibility index (Phi) is 7.46. The van der Waals surface area contributed by atoms with Crippen LogP contribution in [0.1, 0.15) is 24.2 Å². The van der Waals surface area contributed by atoms with Gasteiger partial charge in [-0.15, -0.1) is 0 Å². The van der Waals surface area contributed by atoms with E-state index in [0.717, 1.165) is 23.8 Å². The molecule has 1 aromatic heterocycles. The predicted octanol–water partition coefficient (Wildman–Crippen LogP) is 4.56. The van der Waals surface area contributed by atoms with Gasteiger partial charge in [-0.1, -0.05) is 42.5 Å². The molecule has 0 spiro atoms. The maximum Gasteiger partial charge on any atom is 0.244 e. The van der Waals surface area contributed by atoms with Crippen molar-refractivity contribution in [1.82, 2.24) is 9.21 Å². The molecule has 10 heteroatoms. The highest BCUT2D eigenvalue weighted by molar-refractivity contribution is 7.89. The summed E-state index contributed by atoms with van der Waals surface area (Å²) >= 11 is 0. The fourth-order valence-corrected chi connectivity index (χ4v) is 6.79. The lowest BCUT2D eigenvalue weighted by molar-refractivity contribution is -0.133. The monoisotopic (exact) mass is 562 g/mol. The fourth-order valence-electron chi connectivity index (χ4n) is 5.16. The van der Waals surface area contributed by atoms with Crippen LogP contribution in [0.3, 0.4) is 0 Å². The Balaban J connectivity index is 1.31. The van der Waals surface area contributed by atoms with Gasteiger partial charge < -0.3 is 23.5 Å². The van der Waals surface area contributed by atoms with Crippen molar-refractivity contribution in [2.45, 2.75) is 36.9 Å². The number of sulfonamides is 1. The summed E-state index contributed by atoms with van der Waals surface area (Å²) in [5.74, 6) is 1.51. The summed E-state index contributed by atoms with van der Waals surface area (Å²) in [7, 11) is -4.04. The number of benzene rings is 3. The molecule has 1 saturated heterocycles. The summed E-state index contributed by atoms with van der Waals surface area (Å²) in [5.41, 5.74) is 0.826. The summed E-state index contributed by atoms with van der Waals surface area (Å²) < 4.78 is 51.8.